The lowest BCUT2D eigenvalue weighted by Crippen LogP contribution is -2.21. The zero-order valence-electron chi connectivity index (χ0n) is 9.60. The Kier molecular flexibility index (Phi) is 4.21. The quantitative estimate of drug-likeness (QED) is 0.766. The summed E-state index contributed by atoms with van der Waals surface area (Å²) in [6.45, 7) is 5.12. The Labute approximate surface area is 104 Å². The van der Waals surface area contributed by atoms with E-state index in [2.05, 4.69) is 16.4 Å². The summed E-state index contributed by atoms with van der Waals surface area (Å²) < 4.78 is 79.4. The molecule has 1 unspecified atom stereocenters. The fourth-order valence-electron chi connectivity index (χ4n) is 1.24. The van der Waals surface area contributed by atoms with Gasteiger partial charge in [-0.3, -0.25) is 0 Å². The molecular weight excluding hydrogens is 278 g/mol. The van der Waals surface area contributed by atoms with Gasteiger partial charge >= 0.3 is 12.7 Å². The van der Waals surface area contributed by atoms with E-state index in [1.807, 2.05) is 0 Å². The van der Waals surface area contributed by atoms with E-state index in [0.717, 1.165) is 12.1 Å². The number of hydrogen-bond donors (Lipinski definition) is 0. The molecule has 0 N–H and O–H groups in total. The van der Waals surface area contributed by atoms with Gasteiger partial charge < -0.3 is 9.47 Å². The fraction of sp³-hybridized carbons (Fsp3) is 0.364. The molecule has 0 bridgehead atoms. The second-order valence-corrected chi connectivity index (χ2v) is 3.70. The van der Waals surface area contributed by atoms with E-state index >= 15 is 0 Å². The summed E-state index contributed by atoms with van der Waals surface area (Å²) in [5.41, 5.74) is 0.286. The minimum Gasteiger partial charge on any atom is -0.402 e. The first-order valence-electron chi connectivity index (χ1n) is 4.96. The van der Waals surface area contributed by atoms with Gasteiger partial charge in [0, 0.05) is 0 Å². The summed E-state index contributed by atoms with van der Waals surface area (Å²) >= 11 is 0. The third-order valence-corrected chi connectivity index (χ3v) is 1.99. The second kappa shape index (κ2) is 5.18. The molecule has 0 saturated carbocycles. The Morgan fingerprint density at radius 1 is 0.947 bits per heavy atom. The maximum absolute atomic E-state index is 12.1. The largest absolute Gasteiger partial charge is 0.573 e. The number of halogens is 6. The minimum atomic E-state index is -5.12. The molecule has 0 aliphatic heterocycles. The molecule has 1 radical (unpaired) electrons. The van der Waals surface area contributed by atoms with Crippen LogP contribution in [0.5, 0.6) is 11.5 Å². The summed E-state index contributed by atoms with van der Waals surface area (Å²) in [5, 5.41) is 0. The topological polar surface area (TPSA) is 18.5 Å². The second-order valence-electron chi connectivity index (χ2n) is 3.70. The van der Waals surface area contributed by atoms with E-state index in [9.17, 15) is 26.3 Å². The van der Waals surface area contributed by atoms with Crippen molar-refractivity contribution in [3.63, 3.8) is 0 Å². The Morgan fingerprint density at radius 3 is 1.84 bits per heavy atom. The van der Waals surface area contributed by atoms with Gasteiger partial charge in [-0.15, -0.1) is 26.3 Å². The van der Waals surface area contributed by atoms with Crippen molar-refractivity contribution in [3.05, 3.63) is 30.7 Å². The highest BCUT2D eigenvalue weighted by Crippen LogP contribution is 2.37. The molecule has 2 nitrogen and oxygen atoms in total. The summed E-state index contributed by atoms with van der Waals surface area (Å²) in [6.07, 6.45) is -10.2. The van der Waals surface area contributed by atoms with Crippen LogP contribution in [0.15, 0.2) is 18.2 Å². The van der Waals surface area contributed by atoms with E-state index in [1.165, 1.54) is 6.07 Å². The summed E-state index contributed by atoms with van der Waals surface area (Å²) in [4.78, 5) is 0. The Bertz CT molecular complexity index is 436. The molecule has 0 aromatic heterocycles. The summed E-state index contributed by atoms with van der Waals surface area (Å²) in [6, 6.07) is 2.75. The maximum Gasteiger partial charge on any atom is 0.573 e. The van der Waals surface area contributed by atoms with Crippen LogP contribution in [0.25, 0.3) is 0 Å². The molecule has 19 heavy (non-hydrogen) atoms. The molecule has 0 amide bonds. The number of alkyl halides is 6. The Balaban J connectivity index is 3.15. The zero-order valence-corrected chi connectivity index (χ0v) is 9.60. The van der Waals surface area contributed by atoms with Crippen LogP contribution in [0, 0.1) is 6.92 Å². The lowest BCUT2D eigenvalue weighted by molar-refractivity contribution is -0.287. The van der Waals surface area contributed by atoms with Gasteiger partial charge in [-0.25, -0.2) is 0 Å². The lowest BCUT2D eigenvalue weighted by atomic mass is 10.0. The predicted molar refractivity (Wildman–Crippen MR) is 53.6 cm³/mol. The minimum absolute atomic E-state index is 0.286. The van der Waals surface area contributed by atoms with Gasteiger partial charge in [-0.2, -0.15) is 0 Å². The molecule has 1 aromatic carbocycles. The van der Waals surface area contributed by atoms with Gasteiger partial charge in [-0.05, 0) is 30.5 Å². The molecule has 0 aliphatic carbocycles. The number of rotatable bonds is 3. The van der Waals surface area contributed by atoms with Crippen LogP contribution in [0.4, 0.5) is 26.3 Å². The SMILES string of the molecule is [CH2]C(C)c1ccc(OC(F)(F)F)c(OC(F)(F)F)c1. The van der Waals surface area contributed by atoms with Crippen molar-refractivity contribution in [1.29, 1.82) is 0 Å². The van der Waals surface area contributed by atoms with Crippen molar-refractivity contribution in [2.75, 3.05) is 0 Å². The third-order valence-electron chi connectivity index (χ3n) is 1.99. The molecule has 0 heterocycles. The average molecular weight is 287 g/mol. The average Bonchev–Trinajstić information content (AvgIpc) is 2.15. The van der Waals surface area contributed by atoms with Crippen molar-refractivity contribution < 1.29 is 35.8 Å². The van der Waals surface area contributed by atoms with Crippen molar-refractivity contribution in [3.8, 4) is 11.5 Å². The van der Waals surface area contributed by atoms with E-state index < -0.39 is 30.1 Å². The van der Waals surface area contributed by atoms with Gasteiger partial charge in [0.1, 0.15) is 0 Å². The zero-order chi connectivity index (χ0) is 14.8. The van der Waals surface area contributed by atoms with Crippen LogP contribution < -0.4 is 9.47 Å². The highest BCUT2D eigenvalue weighted by atomic mass is 19.4. The number of benzene rings is 1. The van der Waals surface area contributed by atoms with Gasteiger partial charge in [0.05, 0.1) is 0 Å². The summed E-state index contributed by atoms with van der Waals surface area (Å²) in [7, 11) is 0. The van der Waals surface area contributed by atoms with Gasteiger partial charge in [0.15, 0.2) is 11.5 Å². The van der Waals surface area contributed by atoms with Crippen LogP contribution in [0.2, 0.25) is 0 Å². The highest BCUT2D eigenvalue weighted by molar-refractivity contribution is 5.44. The van der Waals surface area contributed by atoms with Crippen LogP contribution >= 0.6 is 0 Å². The molecule has 0 aliphatic rings. The molecule has 8 heteroatoms. The Morgan fingerprint density at radius 2 is 1.42 bits per heavy atom. The van der Waals surface area contributed by atoms with Crippen LogP contribution in [0.1, 0.15) is 18.4 Å². The third kappa shape index (κ3) is 5.27. The van der Waals surface area contributed by atoms with E-state index in [4.69, 9.17) is 0 Å². The monoisotopic (exact) mass is 287 g/mol. The van der Waals surface area contributed by atoms with Crippen molar-refractivity contribution in [2.24, 2.45) is 0 Å². The smallest absolute Gasteiger partial charge is 0.402 e. The molecule has 0 fully saturated rings. The fourth-order valence-corrected chi connectivity index (χ4v) is 1.24. The van der Waals surface area contributed by atoms with E-state index in [0.29, 0.717) is 0 Å². The normalized spacial score (nSPS) is 12.7. The molecule has 0 saturated heterocycles. The van der Waals surface area contributed by atoms with Gasteiger partial charge in [0.2, 0.25) is 0 Å². The molecule has 1 aromatic rings. The molecule has 1 atom stereocenters. The highest BCUT2D eigenvalue weighted by Gasteiger charge is 2.36. The van der Waals surface area contributed by atoms with E-state index in [-0.39, 0.29) is 5.56 Å². The van der Waals surface area contributed by atoms with Gasteiger partial charge in [0.25, 0.3) is 0 Å². The van der Waals surface area contributed by atoms with Crippen molar-refractivity contribution >= 4 is 0 Å². The molecule has 0 spiro atoms. The maximum atomic E-state index is 12.1. The predicted octanol–water partition coefficient (Wildman–Crippen LogP) is 4.42. The molecule has 1 rings (SSSR count). The van der Waals surface area contributed by atoms with Crippen molar-refractivity contribution in [2.45, 2.75) is 25.6 Å². The number of ether oxygens (including phenoxy) is 2. The Hall–Kier alpha value is -1.60. The lowest BCUT2D eigenvalue weighted by Gasteiger charge is -2.17. The van der Waals surface area contributed by atoms with Crippen LogP contribution in [-0.2, 0) is 0 Å². The van der Waals surface area contributed by atoms with Crippen molar-refractivity contribution in [1.82, 2.24) is 0 Å². The number of hydrogen-bond acceptors (Lipinski definition) is 2. The first-order valence-corrected chi connectivity index (χ1v) is 4.96. The molecule has 107 valence electrons. The first-order chi connectivity index (χ1) is 8.48. The van der Waals surface area contributed by atoms with Gasteiger partial charge in [-0.1, -0.05) is 13.0 Å². The van der Waals surface area contributed by atoms with Crippen LogP contribution in [-0.4, -0.2) is 12.7 Å². The standard InChI is InChI=1S/C11H9F6O2/c1-6(2)7-3-4-8(18-10(12,13)14)9(5-7)19-11(15,16)17/h3-6H,1H2,2H3. The van der Waals surface area contributed by atoms with Crippen LogP contribution in [0.3, 0.4) is 0 Å². The van der Waals surface area contributed by atoms with E-state index in [1.54, 1.807) is 6.92 Å². The first kappa shape index (κ1) is 15.5. The summed E-state index contributed by atoms with van der Waals surface area (Å²) in [5.74, 6) is -2.54. The molecular formula is C11H9F6O2.